The standard InChI is InChI=1S/C22H33N3O6S/c1-15(2)20(22(27)24-13-16(3)31-17(4)14-24)23-21(26)18-6-5-7-19(12-18)32(28,29)25-8-10-30-11-9-25/h5-7,12,15-17,20H,8-11,13-14H2,1-4H3,(H,23,26)/t16?,17?,20-/m0/s1. The van der Waals surface area contributed by atoms with E-state index in [0.29, 0.717) is 26.3 Å². The molecule has 32 heavy (non-hydrogen) atoms. The number of nitrogens with zero attached hydrogens (tertiary/aromatic N) is 2. The number of ether oxygens (including phenoxy) is 2. The molecule has 3 atom stereocenters. The van der Waals surface area contributed by atoms with Crippen LogP contribution in [0.5, 0.6) is 0 Å². The van der Waals surface area contributed by atoms with Crippen molar-refractivity contribution in [1.29, 1.82) is 0 Å². The van der Waals surface area contributed by atoms with E-state index in [1.165, 1.54) is 16.4 Å². The van der Waals surface area contributed by atoms with E-state index >= 15 is 0 Å². The van der Waals surface area contributed by atoms with Gasteiger partial charge in [-0.25, -0.2) is 8.42 Å². The summed E-state index contributed by atoms with van der Waals surface area (Å²) >= 11 is 0. The van der Waals surface area contributed by atoms with E-state index in [2.05, 4.69) is 5.32 Å². The molecule has 2 fully saturated rings. The van der Waals surface area contributed by atoms with E-state index in [4.69, 9.17) is 9.47 Å². The van der Waals surface area contributed by atoms with Gasteiger partial charge in [0.25, 0.3) is 5.91 Å². The predicted molar refractivity (Wildman–Crippen MR) is 119 cm³/mol. The van der Waals surface area contributed by atoms with Crippen LogP contribution in [0.25, 0.3) is 0 Å². The molecule has 2 unspecified atom stereocenters. The molecular formula is C22H33N3O6S. The molecule has 2 aliphatic heterocycles. The number of sulfonamides is 1. The van der Waals surface area contributed by atoms with Crippen molar-refractivity contribution in [3.63, 3.8) is 0 Å². The van der Waals surface area contributed by atoms with Crippen LogP contribution in [-0.2, 0) is 24.3 Å². The summed E-state index contributed by atoms with van der Waals surface area (Å²) < 4.78 is 38.2. The summed E-state index contributed by atoms with van der Waals surface area (Å²) in [6.07, 6.45) is -0.151. The van der Waals surface area contributed by atoms with Gasteiger partial charge in [0.1, 0.15) is 6.04 Å². The zero-order valence-corrected chi connectivity index (χ0v) is 19.9. The van der Waals surface area contributed by atoms with E-state index in [9.17, 15) is 18.0 Å². The molecule has 9 nitrogen and oxygen atoms in total. The van der Waals surface area contributed by atoms with Crippen LogP contribution in [0, 0.1) is 5.92 Å². The Labute approximate surface area is 190 Å². The molecule has 0 saturated carbocycles. The molecule has 0 aliphatic carbocycles. The van der Waals surface area contributed by atoms with Gasteiger partial charge < -0.3 is 19.7 Å². The topological polar surface area (TPSA) is 105 Å². The molecule has 2 saturated heterocycles. The maximum absolute atomic E-state index is 13.2. The SMILES string of the molecule is CC1CN(C(=O)[C@@H](NC(=O)c2cccc(S(=O)(=O)N3CCOCC3)c2)C(C)C)CC(C)O1. The van der Waals surface area contributed by atoms with Crippen molar-refractivity contribution in [2.75, 3.05) is 39.4 Å². The van der Waals surface area contributed by atoms with E-state index in [-0.39, 0.29) is 47.6 Å². The van der Waals surface area contributed by atoms with Gasteiger partial charge in [-0.05, 0) is 38.0 Å². The molecule has 0 spiro atoms. The normalized spacial score (nSPS) is 23.7. The zero-order chi connectivity index (χ0) is 23.5. The molecule has 2 amide bonds. The second kappa shape index (κ2) is 10.3. The van der Waals surface area contributed by atoms with Crippen molar-refractivity contribution in [2.24, 2.45) is 5.92 Å². The van der Waals surface area contributed by atoms with Gasteiger partial charge in [0.05, 0.1) is 30.3 Å². The second-order valence-corrected chi connectivity index (χ2v) is 10.7. The van der Waals surface area contributed by atoms with Crippen LogP contribution in [0.15, 0.2) is 29.2 Å². The van der Waals surface area contributed by atoms with Gasteiger partial charge >= 0.3 is 0 Å². The Morgan fingerprint density at radius 3 is 2.31 bits per heavy atom. The monoisotopic (exact) mass is 467 g/mol. The van der Waals surface area contributed by atoms with Crippen molar-refractivity contribution in [2.45, 2.75) is 50.8 Å². The number of carbonyl (C=O) groups excluding carboxylic acids is 2. The van der Waals surface area contributed by atoms with E-state index in [1.807, 2.05) is 27.7 Å². The number of hydrogen-bond donors (Lipinski definition) is 1. The Kier molecular flexibility index (Phi) is 7.92. The fraction of sp³-hybridized carbons (Fsp3) is 0.636. The highest BCUT2D eigenvalue weighted by Crippen LogP contribution is 2.19. The van der Waals surface area contributed by atoms with Crippen LogP contribution in [-0.4, -0.2) is 87.1 Å². The van der Waals surface area contributed by atoms with Gasteiger partial charge in [-0.15, -0.1) is 0 Å². The molecule has 178 valence electrons. The Morgan fingerprint density at radius 1 is 1.09 bits per heavy atom. The summed E-state index contributed by atoms with van der Waals surface area (Å²) in [5.74, 6) is -0.780. The number of amides is 2. The summed E-state index contributed by atoms with van der Waals surface area (Å²) in [5, 5.41) is 2.82. The lowest BCUT2D eigenvalue weighted by Crippen LogP contribution is -2.56. The Hall–Kier alpha value is -2.01. The molecule has 1 aromatic carbocycles. The molecule has 2 aliphatic rings. The summed E-state index contributed by atoms with van der Waals surface area (Å²) in [6, 6.07) is 5.21. The highest BCUT2D eigenvalue weighted by molar-refractivity contribution is 7.89. The lowest BCUT2D eigenvalue weighted by atomic mass is 10.0. The van der Waals surface area contributed by atoms with Crippen LogP contribution in [0.4, 0.5) is 0 Å². The fourth-order valence-electron chi connectivity index (χ4n) is 4.03. The number of benzene rings is 1. The van der Waals surface area contributed by atoms with Crippen LogP contribution in [0.3, 0.4) is 0 Å². The third kappa shape index (κ3) is 5.67. The first-order chi connectivity index (χ1) is 15.1. The van der Waals surface area contributed by atoms with Crippen molar-refractivity contribution >= 4 is 21.8 Å². The van der Waals surface area contributed by atoms with E-state index < -0.39 is 22.0 Å². The molecule has 1 N–H and O–H groups in total. The highest BCUT2D eigenvalue weighted by atomic mass is 32.2. The van der Waals surface area contributed by atoms with Crippen LogP contribution >= 0.6 is 0 Å². The summed E-state index contributed by atoms with van der Waals surface area (Å²) in [4.78, 5) is 27.9. The van der Waals surface area contributed by atoms with Crippen LogP contribution in [0.2, 0.25) is 0 Å². The summed E-state index contributed by atoms with van der Waals surface area (Å²) in [6.45, 7) is 9.75. The van der Waals surface area contributed by atoms with Gasteiger partial charge in [-0.1, -0.05) is 19.9 Å². The van der Waals surface area contributed by atoms with Gasteiger partial charge in [-0.3, -0.25) is 9.59 Å². The first kappa shape index (κ1) is 24.6. The molecule has 0 bridgehead atoms. The van der Waals surface area contributed by atoms with Crippen molar-refractivity contribution in [3.8, 4) is 0 Å². The minimum absolute atomic E-state index is 0.0512. The Balaban J connectivity index is 1.76. The third-order valence-electron chi connectivity index (χ3n) is 5.65. The lowest BCUT2D eigenvalue weighted by molar-refractivity contribution is -0.146. The van der Waals surface area contributed by atoms with E-state index in [0.717, 1.165) is 0 Å². The average Bonchev–Trinajstić information content (AvgIpc) is 2.76. The van der Waals surface area contributed by atoms with Gasteiger partial charge in [-0.2, -0.15) is 4.31 Å². The molecule has 0 aromatic heterocycles. The van der Waals surface area contributed by atoms with Crippen LogP contribution in [0.1, 0.15) is 38.1 Å². The predicted octanol–water partition coefficient (Wildman–Crippen LogP) is 1.10. The molecule has 0 radical (unpaired) electrons. The number of rotatable bonds is 6. The van der Waals surface area contributed by atoms with Gasteiger partial charge in [0, 0.05) is 31.7 Å². The zero-order valence-electron chi connectivity index (χ0n) is 19.1. The summed E-state index contributed by atoms with van der Waals surface area (Å²) in [5.41, 5.74) is 0.196. The first-order valence-electron chi connectivity index (χ1n) is 11.0. The van der Waals surface area contributed by atoms with E-state index in [1.54, 1.807) is 17.0 Å². The van der Waals surface area contributed by atoms with Gasteiger partial charge in [0.2, 0.25) is 15.9 Å². The molecular weight excluding hydrogens is 434 g/mol. The minimum Gasteiger partial charge on any atom is -0.379 e. The first-order valence-corrected chi connectivity index (χ1v) is 12.5. The van der Waals surface area contributed by atoms with Crippen molar-refractivity contribution in [1.82, 2.24) is 14.5 Å². The maximum atomic E-state index is 13.2. The summed E-state index contributed by atoms with van der Waals surface area (Å²) in [7, 11) is -3.72. The number of morpholine rings is 2. The smallest absolute Gasteiger partial charge is 0.251 e. The number of carbonyl (C=O) groups is 2. The maximum Gasteiger partial charge on any atom is 0.251 e. The Bertz CT molecular complexity index is 919. The lowest BCUT2D eigenvalue weighted by Gasteiger charge is -2.38. The second-order valence-electron chi connectivity index (χ2n) is 8.74. The van der Waals surface area contributed by atoms with Crippen LogP contribution < -0.4 is 5.32 Å². The Morgan fingerprint density at radius 2 is 1.72 bits per heavy atom. The van der Waals surface area contributed by atoms with Crippen molar-refractivity contribution in [3.05, 3.63) is 29.8 Å². The van der Waals surface area contributed by atoms with Gasteiger partial charge in [0.15, 0.2) is 0 Å². The van der Waals surface area contributed by atoms with Crippen molar-refractivity contribution < 1.29 is 27.5 Å². The third-order valence-corrected chi connectivity index (χ3v) is 7.55. The molecule has 2 heterocycles. The number of hydrogen-bond acceptors (Lipinski definition) is 6. The molecule has 1 aromatic rings. The highest BCUT2D eigenvalue weighted by Gasteiger charge is 2.33. The quantitative estimate of drug-likeness (QED) is 0.672. The molecule has 3 rings (SSSR count). The number of nitrogens with one attached hydrogen (secondary N) is 1. The largest absolute Gasteiger partial charge is 0.379 e. The molecule has 10 heteroatoms. The fourth-order valence-corrected chi connectivity index (χ4v) is 5.48. The minimum atomic E-state index is -3.72. The average molecular weight is 468 g/mol.